The number of hydrogen-bond donors (Lipinski definition) is 2. The molecule has 0 fully saturated rings. The number of aryl methyl sites for hydroxylation is 2. The van der Waals surface area contributed by atoms with Crippen LogP contribution >= 0.6 is 0 Å². The Labute approximate surface area is 149 Å². The molecule has 0 aliphatic rings. The van der Waals surface area contributed by atoms with Crippen molar-refractivity contribution in [2.24, 2.45) is 0 Å². The summed E-state index contributed by atoms with van der Waals surface area (Å²) in [7, 11) is 0. The number of aromatic amines is 2. The molecule has 0 saturated heterocycles. The molecular weight excluding hydrogens is 292 g/mol. The maximum Gasteiger partial charge on any atom is 0.0147 e. The van der Waals surface area contributed by atoms with Crippen LogP contribution in [0.15, 0.2) is 36.8 Å². The third kappa shape index (κ3) is 11.2. The van der Waals surface area contributed by atoms with Gasteiger partial charge in [0.25, 0.3) is 0 Å². The highest BCUT2D eigenvalue weighted by atomic mass is 14.7. The summed E-state index contributed by atoms with van der Waals surface area (Å²) < 4.78 is 0. The fraction of sp³-hybridized carbons (Fsp3) is 0.636. The Balaban J connectivity index is 0.000000240. The average molecular weight is 331 g/mol. The van der Waals surface area contributed by atoms with Crippen molar-refractivity contribution in [2.45, 2.75) is 90.9 Å². The number of nitrogens with one attached hydrogen (secondary N) is 2. The van der Waals surface area contributed by atoms with Gasteiger partial charge in [-0.3, -0.25) is 0 Å². The Morgan fingerprint density at radius 2 is 1.38 bits per heavy atom. The van der Waals surface area contributed by atoms with Crippen LogP contribution in [0.5, 0.6) is 0 Å². The minimum absolute atomic E-state index is 1.22. The first-order chi connectivity index (χ1) is 11.9. The van der Waals surface area contributed by atoms with Crippen molar-refractivity contribution < 1.29 is 0 Å². The summed E-state index contributed by atoms with van der Waals surface area (Å²) in [6, 6.07) is 6.40. The SMILES string of the molecule is CCCCCCCc1cc[nH]c1.CCCCCCCc1ccc[nH]1. The van der Waals surface area contributed by atoms with E-state index in [-0.39, 0.29) is 0 Å². The molecule has 2 nitrogen and oxygen atoms in total. The zero-order valence-electron chi connectivity index (χ0n) is 15.9. The maximum absolute atomic E-state index is 3.23. The Morgan fingerprint density at radius 1 is 0.708 bits per heavy atom. The molecule has 2 N–H and O–H groups in total. The first-order valence-corrected chi connectivity index (χ1v) is 10.1. The van der Waals surface area contributed by atoms with Gasteiger partial charge in [-0.2, -0.15) is 0 Å². The molecule has 0 radical (unpaired) electrons. The van der Waals surface area contributed by atoms with Crippen molar-refractivity contribution in [3.8, 4) is 0 Å². The monoisotopic (exact) mass is 330 g/mol. The van der Waals surface area contributed by atoms with Crippen LogP contribution in [-0.2, 0) is 12.8 Å². The van der Waals surface area contributed by atoms with E-state index in [0.717, 1.165) is 0 Å². The lowest BCUT2D eigenvalue weighted by Gasteiger charge is -1.98. The lowest BCUT2D eigenvalue weighted by molar-refractivity contribution is 0.629. The van der Waals surface area contributed by atoms with Crippen molar-refractivity contribution in [3.05, 3.63) is 48.0 Å². The smallest absolute Gasteiger partial charge is 0.0147 e. The van der Waals surface area contributed by atoms with Crippen molar-refractivity contribution in [1.82, 2.24) is 9.97 Å². The topological polar surface area (TPSA) is 31.6 Å². The highest BCUT2D eigenvalue weighted by Gasteiger charge is 1.93. The minimum atomic E-state index is 1.22. The van der Waals surface area contributed by atoms with E-state index in [9.17, 15) is 0 Å². The van der Waals surface area contributed by atoms with Crippen LogP contribution in [0.2, 0.25) is 0 Å². The molecule has 24 heavy (non-hydrogen) atoms. The van der Waals surface area contributed by atoms with Crippen LogP contribution in [0.25, 0.3) is 0 Å². The van der Waals surface area contributed by atoms with Crippen molar-refractivity contribution in [1.29, 1.82) is 0 Å². The zero-order chi connectivity index (χ0) is 17.3. The van der Waals surface area contributed by atoms with E-state index in [4.69, 9.17) is 0 Å². The van der Waals surface area contributed by atoms with E-state index < -0.39 is 0 Å². The molecule has 0 saturated carbocycles. The van der Waals surface area contributed by atoms with Crippen LogP contribution in [0, 0.1) is 0 Å². The fourth-order valence-electron chi connectivity index (χ4n) is 2.89. The first-order valence-electron chi connectivity index (χ1n) is 10.1. The molecule has 0 amide bonds. The molecular formula is C22H38N2. The molecule has 0 unspecified atom stereocenters. The Hall–Kier alpha value is -1.44. The van der Waals surface area contributed by atoms with Gasteiger partial charge in [-0.15, -0.1) is 0 Å². The molecule has 2 aromatic rings. The second-order valence-electron chi connectivity index (χ2n) is 6.74. The van der Waals surface area contributed by atoms with Gasteiger partial charge in [-0.05, 0) is 49.4 Å². The summed E-state index contributed by atoms with van der Waals surface area (Å²) in [4.78, 5) is 6.31. The standard InChI is InChI=1S/2C11H19N/c1-2-3-4-5-6-8-11-9-7-10-12-11;1-2-3-4-5-6-7-11-8-9-12-10-11/h7,9-10,12H,2-6,8H2,1H3;8-10,12H,2-7H2,1H3. The summed E-state index contributed by atoms with van der Waals surface area (Å²) in [5.41, 5.74) is 2.83. The molecule has 0 bridgehead atoms. The van der Waals surface area contributed by atoms with E-state index in [1.54, 1.807) is 0 Å². The molecule has 2 aromatic heterocycles. The highest BCUT2D eigenvalue weighted by molar-refractivity contribution is 5.07. The van der Waals surface area contributed by atoms with E-state index in [0.29, 0.717) is 0 Å². The second-order valence-corrected chi connectivity index (χ2v) is 6.74. The molecule has 0 spiro atoms. The van der Waals surface area contributed by atoms with Gasteiger partial charge in [0, 0.05) is 24.3 Å². The van der Waals surface area contributed by atoms with E-state index in [2.05, 4.69) is 48.2 Å². The molecule has 0 aromatic carbocycles. The van der Waals surface area contributed by atoms with Crippen LogP contribution in [0.3, 0.4) is 0 Å². The van der Waals surface area contributed by atoms with Crippen LogP contribution in [-0.4, -0.2) is 9.97 Å². The third-order valence-electron chi connectivity index (χ3n) is 4.44. The quantitative estimate of drug-likeness (QED) is 0.391. The summed E-state index contributed by atoms with van der Waals surface area (Å²) >= 11 is 0. The fourth-order valence-corrected chi connectivity index (χ4v) is 2.89. The van der Waals surface area contributed by atoms with Crippen molar-refractivity contribution >= 4 is 0 Å². The lowest BCUT2D eigenvalue weighted by Crippen LogP contribution is -1.85. The summed E-state index contributed by atoms with van der Waals surface area (Å²) in [6.07, 6.45) is 22.3. The largest absolute Gasteiger partial charge is 0.367 e. The maximum atomic E-state index is 3.23. The van der Waals surface area contributed by atoms with Gasteiger partial charge in [0.2, 0.25) is 0 Å². The number of H-pyrrole nitrogens is 2. The van der Waals surface area contributed by atoms with Gasteiger partial charge in [0.15, 0.2) is 0 Å². The lowest BCUT2D eigenvalue weighted by atomic mass is 10.1. The van der Waals surface area contributed by atoms with Gasteiger partial charge >= 0.3 is 0 Å². The number of unbranched alkanes of at least 4 members (excludes halogenated alkanes) is 8. The van der Waals surface area contributed by atoms with E-state index in [1.165, 1.54) is 88.3 Å². The average Bonchev–Trinajstić information content (AvgIpc) is 3.29. The predicted octanol–water partition coefficient (Wildman–Crippen LogP) is 7.06. The highest BCUT2D eigenvalue weighted by Crippen LogP contribution is 2.08. The van der Waals surface area contributed by atoms with E-state index in [1.807, 2.05) is 12.4 Å². The number of rotatable bonds is 12. The van der Waals surface area contributed by atoms with Crippen LogP contribution in [0.1, 0.15) is 89.3 Å². The van der Waals surface area contributed by atoms with Gasteiger partial charge in [0.1, 0.15) is 0 Å². The molecule has 2 rings (SSSR count). The van der Waals surface area contributed by atoms with Crippen LogP contribution in [0.4, 0.5) is 0 Å². The molecule has 2 heterocycles. The summed E-state index contributed by atoms with van der Waals surface area (Å²) in [5, 5.41) is 0. The summed E-state index contributed by atoms with van der Waals surface area (Å²) in [6.45, 7) is 4.51. The van der Waals surface area contributed by atoms with Gasteiger partial charge in [0.05, 0.1) is 0 Å². The minimum Gasteiger partial charge on any atom is -0.367 e. The van der Waals surface area contributed by atoms with Gasteiger partial charge in [-0.1, -0.05) is 65.2 Å². The Bertz CT molecular complexity index is 398. The second kappa shape index (κ2) is 15.1. The molecule has 0 atom stereocenters. The molecule has 0 aliphatic heterocycles. The van der Waals surface area contributed by atoms with Crippen LogP contribution < -0.4 is 0 Å². The molecule has 136 valence electrons. The van der Waals surface area contributed by atoms with Gasteiger partial charge < -0.3 is 9.97 Å². The normalized spacial score (nSPS) is 10.4. The third-order valence-corrected chi connectivity index (χ3v) is 4.44. The summed E-state index contributed by atoms with van der Waals surface area (Å²) in [5.74, 6) is 0. The van der Waals surface area contributed by atoms with Gasteiger partial charge in [-0.25, -0.2) is 0 Å². The first kappa shape index (κ1) is 20.6. The van der Waals surface area contributed by atoms with E-state index >= 15 is 0 Å². The number of hydrogen-bond acceptors (Lipinski definition) is 0. The zero-order valence-corrected chi connectivity index (χ0v) is 15.9. The van der Waals surface area contributed by atoms with Crippen molar-refractivity contribution in [3.63, 3.8) is 0 Å². The Morgan fingerprint density at radius 3 is 1.92 bits per heavy atom. The van der Waals surface area contributed by atoms with Crippen molar-refractivity contribution in [2.75, 3.05) is 0 Å². The molecule has 2 heteroatoms. The molecule has 0 aliphatic carbocycles. The Kier molecular flexibility index (Phi) is 13.0. The predicted molar refractivity (Wildman–Crippen MR) is 107 cm³/mol. The number of aromatic nitrogens is 2.